The lowest BCUT2D eigenvalue weighted by Crippen LogP contribution is -2.14. The lowest BCUT2D eigenvalue weighted by atomic mass is 9.95. The van der Waals surface area contributed by atoms with Gasteiger partial charge in [0, 0.05) is 22.8 Å². The Morgan fingerprint density at radius 1 is 0.909 bits per heavy atom. The summed E-state index contributed by atoms with van der Waals surface area (Å²) in [6.07, 6.45) is 1.77. The van der Waals surface area contributed by atoms with E-state index in [0.717, 1.165) is 22.2 Å². The van der Waals surface area contributed by atoms with Gasteiger partial charge in [-0.1, -0.05) is 24.3 Å². The van der Waals surface area contributed by atoms with E-state index in [2.05, 4.69) is 15.3 Å². The van der Waals surface area contributed by atoms with Crippen LogP contribution < -0.4 is 14.8 Å². The van der Waals surface area contributed by atoms with Crippen molar-refractivity contribution in [3.8, 4) is 17.2 Å². The molecule has 1 atom stereocenters. The van der Waals surface area contributed by atoms with Gasteiger partial charge in [0.05, 0.1) is 19.3 Å². The summed E-state index contributed by atoms with van der Waals surface area (Å²) in [6.45, 7) is 8.89. The number of pyridine rings is 2. The van der Waals surface area contributed by atoms with Crippen LogP contribution in [0.15, 0.2) is 60.8 Å². The largest absolute Gasteiger partial charge is 0.505 e. The van der Waals surface area contributed by atoms with Gasteiger partial charge in [0.25, 0.3) is 0 Å². The molecule has 33 heavy (non-hydrogen) atoms. The maximum atomic E-state index is 11.3. The molecule has 4 aromatic rings. The lowest BCUT2D eigenvalue weighted by Gasteiger charge is -2.23. The molecular weight excluding hydrogens is 414 g/mol. The van der Waals surface area contributed by atoms with Gasteiger partial charge in [-0.05, 0) is 69.2 Å². The van der Waals surface area contributed by atoms with Crippen molar-refractivity contribution in [2.45, 2.75) is 33.7 Å². The molecule has 0 saturated heterocycles. The van der Waals surface area contributed by atoms with Gasteiger partial charge in [-0.3, -0.25) is 0 Å². The number of benzene rings is 2. The van der Waals surface area contributed by atoms with Crippen molar-refractivity contribution in [1.82, 2.24) is 9.97 Å². The van der Waals surface area contributed by atoms with Gasteiger partial charge in [-0.2, -0.15) is 0 Å². The Hall–Kier alpha value is -3.80. The van der Waals surface area contributed by atoms with E-state index in [0.29, 0.717) is 41.6 Å². The molecule has 0 unspecified atom stereocenters. The second kappa shape index (κ2) is 9.77. The predicted octanol–water partition coefficient (Wildman–Crippen LogP) is 5.95. The maximum Gasteiger partial charge on any atom is 0.161 e. The van der Waals surface area contributed by atoms with Crippen LogP contribution in [-0.2, 0) is 0 Å². The summed E-state index contributed by atoms with van der Waals surface area (Å²) in [5, 5.41) is 15.7. The number of nitrogens with zero attached hydrogens (tertiary/aromatic N) is 2. The highest BCUT2D eigenvalue weighted by molar-refractivity contribution is 5.86. The first-order chi connectivity index (χ1) is 16.0. The van der Waals surface area contributed by atoms with Crippen LogP contribution >= 0.6 is 0 Å². The minimum absolute atomic E-state index is 0.146. The minimum Gasteiger partial charge on any atom is -0.505 e. The summed E-state index contributed by atoms with van der Waals surface area (Å²) >= 11 is 0. The van der Waals surface area contributed by atoms with Crippen molar-refractivity contribution >= 4 is 16.7 Å². The molecule has 0 aliphatic heterocycles. The normalized spacial score (nSPS) is 11.9. The molecule has 2 aromatic carbocycles. The number of phenols is 1. The van der Waals surface area contributed by atoms with Crippen LogP contribution in [0.25, 0.3) is 10.9 Å². The predicted molar refractivity (Wildman–Crippen MR) is 131 cm³/mol. The van der Waals surface area contributed by atoms with E-state index < -0.39 is 0 Å². The molecule has 0 spiro atoms. The van der Waals surface area contributed by atoms with Gasteiger partial charge in [0.2, 0.25) is 0 Å². The third-order valence-electron chi connectivity index (χ3n) is 5.43. The summed E-state index contributed by atoms with van der Waals surface area (Å²) in [4.78, 5) is 9.06. The number of anilines is 1. The average molecular weight is 444 g/mol. The zero-order valence-corrected chi connectivity index (χ0v) is 19.4. The van der Waals surface area contributed by atoms with Crippen LogP contribution in [0.5, 0.6) is 17.2 Å². The molecule has 2 aromatic heterocycles. The maximum absolute atomic E-state index is 11.3. The van der Waals surface area contributed by atoms with Gasteiger partial charge in [0.1, 0.15) is 17.1 Å². The van der Waals surface area contributed by atoms with E-state index in [1.165, 1.54) is 0 Å². The smallest absolute Gasteiger partial charge is 0.161 e. The molecule has 0 amide bonds. The zero-order chi connectivity index (χ0) is 23.4. The van der Waals surface area contributed by atoms with E-state index in [4.69, 9.17) is 9.47 Å². The third-order valence-corrected chi connectivity index (χ3v) is 5.43. The Morgan fingerprint density at radius 2 is 1.67 bits per heavy atom. The number of phenolic OH excluding ortho intramolecular Hbond substituents is 1. The van der Waals surface area contributed by atoms with Crippen LogP contribution in [-0.4, -0.2) is 28.3 Å². The van der Waals surface area contributed by atoms with Gasteiger partial charge < -0.3 is 19.9 Å². The molecule has 2 heterocycles. The van der Waals surface area contributed by atoms with Crippen LogP contribution in [0.1, 0.15) is 42.3 Å². The number of ether oxygens (including phenoxy) is 2. The third kappa shape index (κ3) is 4.85. The summed E-state index contributed by atoms with van der Waals surface area (Å²) in [7, 11) is 0. The second-order valence-corrected chi connectivity index (χ2v) is 7.90. The fourth-order valence-electron chi connectivity index (χ4n) is 3.87. The van der Waals surface area contributed by atoms with E-state index >= 15 is 0 Å². The molecule has 4 rings (SSSR count). The van der Waals surface area contributed by atoms with Crippen LogP contribution in [0.4, 0.5) is 5.82 Å². The number of fused-ring (bicyclic) bond motifs is 1. The highest BCUT2D eigenvalue weighted by atomic mass is 16.5. The van der Waals surface area contributed by atoms with Gasteiger partial charge in [-0.25, -0.2) is 9.97 Å². The van der Waals surface area contributed by atoms with Gasteiger partial charge in [0.15, 0.2) is 11.5 Å². The SMILES string of the molecule is CCOc1ccc([C@@H](Nc2cc(C)ccn2)c2ccc3ccc(C)nc3c2O)cc1OCC. The number of aromatic nitrogens is 2. The average Bonchev–Trinajstić information content (AvgIpc) is 2.80. The number of aryl methyl sites for hydroxylation is 2. The molecule has 6 nitrogen and oxygen atoms in total. The molecule has 170 valence electrons. The Kier molecular flexibility index (Phi) is 6.63. The minimum atomic E-state index is -0.388. The first-order valence-electron chi connectivity index (χ1n) is 11.2. The lowest BCUT2D eigenvalue weighted by molar-refractivity contribution is 0.287. The molecule has 0 bridgehead atoms. The van der Waals surface area contributed by atoms with Crippen LogP contribution in [0.2, 0.25) is 0 Å². The fraction of sp³-hybridized carbons (Fsp3) is 0.259. The zero-order valence-electron chi connectivity index (χ0n) is 19.4. The summed E-state index contributed by atoms with van der Waals surface area (Å²) in [5.41, 5.74) is 4.13. The van der Waals surface area contributed by atoms with Crippen molar-refractivity contribution in [3.63, 3.8) is 0 Å². The number of nitrogens with one attached hydrogen (secondary N) is 1. The van der Waals surface area contributed by atoms with Crippen molar-refractivity contribution in [2.24, 2.45) is 0 Å². The number of hydrogen-bond donors (Lipinski definition) is 2. The summed E-state index contributed by atoms with van der Waals surface area (Å²) < 4.78 is 11.6. The van der Waals surface area contributed by atoms with Crippen molar-refractivity contribution in [1.29, 1.82) is 0 Å². The molecule has 0 aliphatic carbocycles. The van der Waals surface area contributed by atoms with E-state index in [9.17, 15) is 5.11 Å². The van der Waals surface area contributed by atoms with E-state index in [1.807, 2.05) is 82.3 Å². The van der Waals surface area contributed by atoms with Crippen molar-refractivity contribution in [3.05, 3.63) is 83.2 Å². The standard InChI is InChI=1S/C27H29N3O3/c1-5-32-22-12-10-20(16-23(22)33-6-2)25(30-24-15-17(3)13-14-28-24)21-11-9-19-8-7-18(4)29-26(19)27(21)31/h7-16,25,31H,5-6H2,1-4H3,(H,28,30)/t25-/m1/s1. The number of hydrogen-bond acceptors (Lipinski definition) is 6. The molecular formula is C27H29N3O3. The first kappa shape index (κ1) is 22.4. The van der Waals surface area contributed by atoms with Crippen LogP contribution in [0.3, 0.4) is 0 Å². The molecule has 6 heteroatoms. The fourth-order valence-corrected chi connectivity index (χ4v) is 3.87. The molecule has 0 radical (unpaired) electrons. The molecule has 0 saturated carbocycles. The van der Waals surface area contributed by atoms with Crippen molar-refractivity contribution < 1.29 is 14.6 Å². The van der Waals surface area contributed by atoms with Gasteiger partial charge >= 0.3 is 0 Å². The highest BCUT2D eigenvalue weighted by Crippen LogP contribution is 2.39. The topological polar surface area (TPSA) is 76.5 Å². The molecule has 2 N–H and O–H groups in total. The quantitative estimate of drug-likeness (QED) is 0.350. The molecule has 0 aliphatic rings. The highest BCUT2D eigenvalue weighted by Gasteiger charge is 2.22. The van der Waals surface area contributed by atoms with E-state index in [-0.39, 0.29) is 11.8 Å². The van der Waals surface area contributed by atoms with Gasteiger partial charge in [-0.15, -0.1) is 0 Å². The number of aromatic hydroxyl groups is 1. The monoisotopic (exact) mass is 443 g/mol. The van der Waals surface area contributed by atoms with Crippen LogP contribution in [0, 0.1) is 13.8 Å². The first-order valence-corrected chi connectivity index (χ1v) is 11.2. The summed E-state index contributed by atoms with van der Waals surface area (Å²) in [5.74, 6) is 2.21. The Balaban J connectivity index is 1.87. The Labute approximate surface area is 194 Å². The van der Waals surface area contributed by atoms with Crippen molar-refractivity contribution in [2.75, 3.05) is 18.5 Å². The molecule has 0 fully saturated rings. The van der Waals surface area contributed by atoms with E-state index in [1.54, 1.807) is 6.20 Å². The Morgan fingerprint density at radius 3 is 2.42 bits per heavy atom. The summed E-state index contributed by atoms with van der Waals surface area (Å²) in [6, 6.07) is 17.2. The Bertz CT molecular complexity index is 1270. The number of rotatable bonds is 8. The second-order valence-electron chi connectivity index (χ2n) is 7.90.